The number of ether oxygens (including phenoxy) is 18. The maximum Gasteiger partial charge on any atom is 0.303 e. The average molecular weight is 1650 g/mol. The van der Waals surface area contributed by atoms with Crippen molar-refractivity contribution in [3.8, 4) is 0 Å². The monoisotopic (exact) mass is 1650 g/mol. The number of methoxy groups -OCH3 is 2. The van der Waals surface area contributed by atoms with Crippen LogP contribution in [0.25, 0.3) is 0 Å². The second kappa shape index (κ2) is 64.8. The normalized spacial score (nSPS) is 15.8. The molecule has 5 rings (SSSR count). The molecule has 0 saturated carbocycles. The minimum Gasteiger partial charge on any atom is -0.871 e. The van der Waals surface area contributed by atoms with E-state index in [9.17, 15) is 38.0 Å². The number of benzene rings is 2. The lowest BCUT2D eigenvalue weighted by atomic mass is 9.76. The molecule has 34 nitrogen and oxygen atoms in total. The fourth-order valence-electron chi connectivity index (χ4n) is 11.2. The van der Waals surface area contributed by atoms with Gasteiger partial charge in [0.1, 0.15) is 29.9 Å². The zero-order valence-corrected chi connectivity index (χ0v) is 68.2. The summed E-state index contributed by atoms with van der Waals surface area (Å²) in [6.07, 6.45) is 4.81. The quantitative estimate of drug-likeness (QED) is 0.0132. The second-order valence-corrected chi connectivity index (χ2v) is 27.0. The van der Waals surface area contributed by atoms with Gasteiger partial charge in [-0.05, 0) is 82.0 Å². The van der Waals surface area contributed by atoms with Crippen LogP contribution in [0.2, 0.25) is 0 Å². The number of carboxylic acid groups (broad SMARTS) is 1. The molecule has 646 valence electrons. The predicted octanol–water partition coefficient (Wildman–Crippen LogP) is 5.08. The van der Waals surface area contributed by atoms with Gasteiger partial charge >= 0.3 is 5.97 Å². The molecule has 2 aliphatic heterocycles. The highest BCUT2D eigenvalue weighted by Crippen LogP contribution is 2.52. The Bertz CT molecular complexity index is 3110. The number of carbonyl (C=O) groups is 2. The molecule has 0 fully saturated rings. The van der Waals surface area contributed by atoms with Crippen LogP contribution in [-0.2, 0) is 145 Å². The van der Waals surface area contributed by atoms with Gasteiger partial charge in [0, 0.05) is 77.7 Å². The Kier molecular flexibility index (Phi) is 58.5. The first-order valence-corrected chi connectivity index (χ1v) is 39.9. The molecular weight excluding hydrogens is 1530 g/mol. The number of unbranched alkanes of at least 4 members (excludes halogenated alkanes) is 2. The van der Waals surface area contributed by atoms with Gasteiger partial charge < -0.3 is 110 Å². The first-order chi connectivity index (χ1) is 55.1. The molecule has 0 saturated heterocycles. The number of hydrogen-bond donors (Lipinski definition) is 1. The number of fused-ring (bicyclic) bond motifs is 2. The molecule has 3 aliphatic rings. The molecule has 2 aromatic rings. The number of allylic oxidation sites excluding steroid dienone is 5. The standard InChI is InChI=1S/C73H116N2O32S2.2C2H4/c1-72(2)63-56-60(109(81,82)83)11-13-65(63)75(16-18-103-105-54-52-101-50-48-99-46-44-97-42-40-95-38-36-93-34-32-91-30-28-89-26-24-87-22-20-85-5)67(72)57-61-70(78)62(71(61)79)58-68-73(3,64-55-59(108-107-106-80)10-12-66(64)74(68)15-8-6-7-9-69(76)77)14-17-102-104-53-51-100-49-47-98-45-43-96-41-39-94-37-35-92-33-31-90-29-27-88-25-23-86-21-19-84-4;2*1-2/h10-13,55-58H,6-9,14-54H2,1-5H3,(H3-,76,77,78,79,80,81,82,83);2*1-2H2/p-2. The highest BCUT2D eigenvalue weighted by molar-refractivity contribution is 7.94. The Morgan fingerprint density at radius 3 is 1.28 bits per heavy atom. The van der Waals surface area contributed by atoms with Crippen molar-refractivity contribution < 1.29 is 157 Å². The first kappa shape index (κ1) is 102. The number of ketones is 1. The van der Waals surface area contributed by atoms with Crippen molar-refractivity contribution in [2.24, 2.45) is 0 Å². The van der Waals surface area contributed by atoms with E-state index in [1.165, 1.54) is 24.3 Å². The van der Waals surface area contributed by atoms with Crippen LogP contribution in [0.5, 0.6) is 0 Å². The topological polar surface area (TPSA) is 385 Å². The third kappa shape index (κ3) is 41.7. The van der Waals surface area contributed by atoms with E-state index in [0.717, 1.165) is 11.3 Å². The summed E-state index contributed by atoms with van der Waals surface area (Å²) in [6.45, 7) is 32.5. The number of rotatable bonds is 74. The molecule has 0 aromatic heterocycles. The molecule has 36 heteroatoms. The van der Waals surface area contributed by atoms with Crippen LogP contribution >= 0.6 is 12.0 Å². The number of Topliss-reactive ketones (excluding diaryl/α,β-unsaturated/α-hetero) is 1. The van der Waals surface area contributed by atoms with Gasteiger partial charge in [-0.25, -0.2) is 28.0 Å². The van der Waals surface area contributed by atoms with Crippen molar-refractivity contribution in [1.29, 1.82) is 0 Å². The van der Waals surface area contributed by atoms with Crippen molar-refractivity contribution in [3.63, 3.8) is 0 Å². The summed E-state index contributed by atoms with van der Waals surface area (Å²) < 4.78 is 142. The Balaban J connectivity index is 0.00000813. The maximum atomic E-state index is 14.6. The van der Waals surface area contributed by atoms with Crippen LogP contribution in [-0.4, -0.2) is 318 Å². The average Bonchev–Trinajstić information content (AvgIpc) is 1.59. The lowest BCUT2D eigenvalue weighted by Gasteiger charge is -2.34. The van der Waals surface area contributed by atoms with E-state index in [0.29, 0.717) is 270 Å². The minimum atomic E-state index is -4.88. The maximum absolute atomic E-state index is 14.6. The minimum absolute atomic E-state index is 0.0206. The predicted molar refractivity (Wildman–Crippen MR) is 408 cm³/mol. The Hall–Kier alpha value is -5.19. The molecule has 1 unspecified atom stereocenters. The summed E-state index contributed by atoms with van der Waals surface area (Å²) in [5.74, 6) is -2.04. The lowest BCUT2D eigenvalue weighted by Crippen LogP contribution is -2.36. The van der Waals surface area contributed by atoms with E-state index in [-0.39, 0.29) is 76.8 Å². The van der Waals surface area contributed by atoms with Crippen LogP contribution in [0.4, 0.5) is 11.4 Å². The van der Waals surface area contributed by atoms with E-state index >= 15 is 0 Å². The van der Waals surface area contributed by atoms with Gasteiger partial charge in [0.2, 0.25) is 5.69 Å². The van der Waals surface area contributed by atoms with Gasteiger partial charge in [-0.3, -0.25) is 14.6 Å². The van der Waals surface area contributed by atoms with Crippen molar-refractivity contribution in [2.75, 3.05) is 283 Å². The van der Waals surface area contributed by atoms with Crippen molar-refractivity contribution in [2.45, 2.75) is 73.5 Å². The SMILES string of the molecule is C=C.C=C.COCCOCCOCCOCCOCCOCCOCCOCCOCCOOCC[N+]1=C(C=C2C(=O)C(C=C3N(CCCCCC(=O)O)c4ccc(SOO[O-])cc4C3(C)CCOOCCOCCOCCOCCOCCOCCOCCOCCOCCOC)=C2[O-])C(C)(C)c2cc(S(=O)(=O)[O-])ccc21. The molecule has 2 heterocycles. The molecule has 1 N–H and O–H groups in total. The van der Waals surface area contributed by atoms with Gasteiger partial charge in [0.25, 0.3) is 0 Å². The molecule has 1 atom stereocenters. The van der Waals surface area contributed by atoms with Crippen molar-refractivity contribution >= 4 is 51.0 Å². The van der Waals surface area contributed by atoms with Gasteiger partial charge in [0.05, 0.1) is 254 Å². The highest BCUT2D eigenvalue weighted by Gasteiger charge is 2.48. The van der Waals surface area contributed by atoms with E-state index in [4.69, 9.17) is 109 Å². The van der Waals surface area contributed by atoms with Gasteiger partial charge in [-0.2, -0.15) is 8.91 Å². The molecule has 2 aromatic carbocycles. The van der Waals surface area contributed by atoms with Crippen LogP contribution in [0.1, 0.15) is 64.0 Å². The Labute approximate surface area is 670 Å². The number of nitrogens with zero attached hydrogens (tertiary/aromatic N) is 2. The first-order valence-electron chi connectivity index (χ1n) is 37.7. The zero-order chi connectivity index (χ0) is 82.3. The number of hydrogen-bond acceptors (Lipinski definition) is 33. The van der Waals surface area contributed by atoms with E-state index in [1.54, 1.807) is 44.8 Å². The third-order valence-corrected chi connectivity index (χ3v) is 18.2. The van der Waals surface area contributed by atoms with Gasteiger partial charge in [-0.15, -0.1) is 26.3 Å². The molecule has 113 heavy (non-hydrogen) atoms. The summed E-state index contributed by atoms with van der Waals surface area (Å²) in [5.41, 5.74) is 1.17. The Morgan fingerprint density at radius 1 is 0.513 bits per heavy atom. The van der Waals surface area contributed by atoms with Crippen LogP contribution < -0.4 is 15.3 Å². The van der Waals surface area contributed by atoms with Crippen LogP contribution in [0, 0.1) is 0 Å². The smallest absolute Gasteiger partial charge is 0.303 e. The zero-order valence-electron chi connectivity index (χ0n) is 66.6. The fourth-order valence-corrected chi connectivity index (χ4v) is 12.1. The summed E-state index contributed by atoms with van der Waals surface area (Å²) >= 11 is 0.695. The van der Waals surface area contributed by atoms with Crippen LogP contribution in [0.3, 0.4) is 0 Å². The van der Waals surface area contributed by atoms with E-state index in [1.807, 2.05) is 24.0 Å². The molecule has 0 spiro atoms. The molecule has 0 bridgehead atoms. The van der Waals surface area contributed by atoms with E-state index < -0.39 is 43.4 Å². The summed E-state index contributed by atoms with van der Waals surface area (Å²) in [6, 6.07) is 9.37. The number of carboxylic acids is 1. The fraction of sp³-hybridized carbons (Fsp3) is 0.675. The lowest BCUT2D eigenvalue weighted by molar-refractivity contribution is -0.777. The molecule has 1 aliphatic carbocycles. The Morgan fingerprint density at radius 2 is 0.903 bits per heavy atom. The summed E-state index contributed by atoms with van der Waals surface area (Å²) in [5, 5.41) is 38.6. The number of carbonyl (C=O) groups excluding carboxylic acids is 1. The molecular formula is C77H122N2O32S2-2. The highest BCUT2D eigenvalue weighted by atomic mass is 32.2. The largest absolute Gasteiger partial charge is 0.871 e. The summed E-state index contributed by atoms with van der Waals surface area (Å²) in [4.78, 5) is 50.4. The second-order valence-electron chi connectivity index (χ2n) is 24.9. The number of aliphatic carboxylic acids is 1. The number of anilines is 1. The van der Waals surface area contributed by atoms with E-state index in [2.05, 4.69) is 31.4 Å². The molecule has 0 radical (unpaired) electrons. The van der Waals surface area contributed by atoms with Crippen molar-refractivity contribution in [3.05, 3.63) is 109 Å². The molecule has 0 amide bonds. The van der Waals surface area contributed by atoms with Crippen LogP contribution in [0.15, 0.2) is 107 Å². The third-order valence-electron chi connectivity index (χ3n) is 16.8. The van der Waals surface area contributed by atoms with Crippen molar-refractivity contribution in [1.82, 2.24) is 0 Å². The van der Waals surface area contributed by atoms with Gasteiger partial charge in [-0.1, -0.05) is 12.2 Å². The van der Waals surface area contributed by atoms with Gasteiger partial charge in [0.15, 0.2) is 18.0 Å². The summed E-state index contributed by atoms with van der Waals surface area (Å²) in [7, 11) is -1.63.